The lowest BCUT2D eigenvalue weighted by atomic mass is 10.0. The second-order valence-electron chi connectivity index (χ2n) is 24.2. The maximum Gasteiger partial charge on any atom is 0.306 e. The van der Waals surface area contributed by atoms with Gasteiger partial charge in [-0.05, 0) is 44.9 Å². The summed E-state index contributed by atoms with van der Waals surface area (Å²) in [5.41, 5.74) is 0. The third-order valence-corrected chi connectivity index (χ3v) is 16.3. The summed E-state index contributed by atoms with van der Waals surface area (Å²) in [5, 5.41) is 0. The van der Waals surface area contributed by atoms with E-state index in [9.17, 15) is 14.4 Å². The minimum atomic E-state index is -0.767. The lowest BCUT2D eigenvalue weighted by molar-refractivity contribution is -0.167. The van der Waals surface area contributed by atoms with Crippen LogP contribution in [0.5, 0.6) is 0 Å². The van der Waals surface area contributed by atoms with Crippen molar-refractivity contribution in [2.24, 2.45) is 0 Å². The van der Waals surface area contributed by atoms with Gasteiger partial charge in [0.05, 0.1) is 0 Å². The molecule has 0 aromatic heterocycles. The Kier molecular flexibility index (Phi) is 65.1. The Labute approximate surface area is 481 Å². The van der Waals surface area contributed by atoms with E-state index in [2.05, 4.69) is 32.9 Å². The van der Waals surface area contributed by atoms with Crippen LogP contribution in [0.3, 0.4) is 0 Å². The first-order valence-electron chi connectivity index (χ1n) is 35.2. The fourth-order valence-electron chi connectivity index (χ4n) is 11.0. The molecular weight excluding hydrogens is 949 g/mol. The molecule has 0 spiro atoms. The van der Waals surface area contributed by atoms with E-state index in [0.717, 1.165) is 57.8 Å². The number of ether oxygens (including phenoxy) is 3. The normalized spacial score (nSPS) is 12.0. The molecule has 0 heterocycles. The molecule has 0 aliphatic carbocycles. The maximum atomic E-state index is 12.9. The highest BCUT2D eigenvalue weighted by molar-refractivity contribution is 5.71. The summed E-state index contributed by atoms with van der Waals surface area (Å²) in [6, 6.07) is 0. The number of hydrogen-bond donors (Lipinski definition) is 0. The van der Waals surface area contributed by atoms with Crippen molar-refractivity contribution < 1.29 is 28.6 Å². The van der Waals surface area contributed by atoms with Crippen LogP contribution < -0.4 is 0 Å². The van der Waals surface area contributed by atoms with Crippen molar-refractivity contribution >= 4 is 17.9 Å². The van der Waals surface area contributed by atoms with E-state index in [4.69, 9.17) is 14.2 Å². The molecule has 0 bridgehead atoms. The number of carbonyl (C=O) groups excluding carboxylic acids is 3. The Morgan fingerprint density at radius 1 is 0.247 bits per heavy atom. The molecule has 0 saturated heterocycles. The van der Waals surface area contributed by atoms with Gasteiger partial charge in [0.2, 0.25) is 0 Å². The van der Waals surface area contributed by atoms with Crippen molar-refractivity contribution in [3.63, 3.8) is 0 Å². The van der Waals surface area contributed by atoms with E-state index in [0.29, 0.717) is 19.3 Å². The van der Waals surface area contributed by atoms with Crippen LogP contribution in [0.2, 0.25) is 0 Å². The van der Waals surface area contributed by atoms with E-state index in [1.54, 1.807) is 0 Å². The minimum Gasteiger partial charge on any atom is -0.462 e. The van der Waals surface area contributed by atoms with Gasteiger partial charge in [0.15, 0.2) is 6.10 Å². The number of esters is 3. The standard InChI is InChI=1S/C71H136O6/c1-4-7-10-13-16-19-22-25-28-30-32-34-35-36-38-39-41-43-46-49-52-55-58-61-64-70(73)76-67-68(66-75-69(72)63-60-57-54-51-48-45-27-24-21-18-15-12-9-6-3)77-71(74)65-62-59-56-53-50-47-44-42-40-37-33-31-29-26-23-20-17-14-11-8-5-2/h31,33,68H,4-30,32,34-67H2,1-3H3/b33-31-. The van der Waals surface area contributed by atoms with Gasteiger partial charge in [0.1, 0.15) is 13.2 Å². The van der Waals surface area contributed by atoms with Crippen molar-refractivity contribution in [2.75, 3.05) is 13.2 Å². The zero-order valence-electron chi connectivity index (χ0n) is 52.5. The maximum absolute atomic E-state index is 12.9. The SMILES string of the molecule is CCCCCCCCCC/C=C\CCCCCCCCCCCC(=O)OC(COC(=O)CCCCCCCCCCCCCCCC)COC(=O)CCCCCCCCCCCCCCCCCCCCCCCCCC. The molecule has 0 aromatic rings. The van der Waals surface area contributed by atoms with Crippen molar-refractivity contribution in [3.8, 4) is 0 Å². The van der Waals surface area contributed by atoms with Gasteiger partial charge in [-0.1, -0.05) is 354 Å². The number of carbonyl (C=O) groups is 3. The molecule has 0 rings (SSSR count). The Hall–Kier alpha value is -1.85. The van der Waals surface area contributed by atoms with Crippen LogP contribution in [0.25, 0.3) is 0 Å². The monoisotopic (exact) mass is 1090 g/mol. The Morgan fingerprint density at radius 3 is 0.649 bits per heavy atom. The van der Waals surface area contributed by atoms with Gasteiger partial charge in [0, 0.05) is 19.3 Å². The van der Waals surface area contributed by atoms with Crippen LogP contribution in [0.4, 0.5) is 0 Å². The van der Waals surface area contributed by atoms with E-state index in [1.807, 2.05) is 0 Å². The average molecular weight is 1090 g/mol. The zero-order valence-corrected chi connectivity index (χ0v) is 52.5. The lowest BCUT2D eigenvalue weighted by Crippen LogP contribution is -2.30. The van der Waals surface area contributed by atoms with E-state index in [1.165, 1.54) is 308 Å². The molecule has 0 aliphatic heterocycles. The summed E-state index contributed by atoms with van der Waals surface area (Å²) >= 11 is 0. The van der Waals surface area contributed by atoms with Gasteiger partial charge in [0.25, 0.3) is 0 Å². The summed E-state index contributed by atoms with van der Waals surface area (Å²) < 4.78 is 17.0. The lowest BCUT2D eigenvalue weighted by Gasteiger charge is -2.18. The largest absolute Gasteiger partial charge is 0.462 e. The molecule has 0 aromatic carbocycles. The molecule has 0 radical (unpaired) electrons. The molecule has 6 heteroatoms. The minimum absolute atomic E-state index is 0.0638. The average Bonchev–Trinajstić information content (AvgIpc) is 3.43. The predicted molar refractivity (Wildman–Crippen MR) is 335 cm³/mol. The molecule has 456 valence electrons. The van der Waals surface area contributed by atoms with Crippen LogP contribution in [0, 0.1) is 0 Å². The van der Waals surface area contributed by atoms with Gasteiger partial charge >= 0.3 is 17.9 Å². The van der Waals surface area contributed by atoms with Crippen molar-refractivity contribution in [1.82, 2.24) is 0 Å². The summed E-state index contributed by atoms with van der Waals surface area (Å²) in [4.78, 5) is 38.4. The molecule has 0 fully saturated rings. The zero-order chi connectivity index (χ0) is 55.7. The second kappa shape index (κ2) is 66.7. The fraction of sp³-hybridized carbons (Fsp3) is 0.930. The van der Waals surface area contributed by atoms with Crippen LogP contribution in [-0.2, 0) is 28.6 Å². The smallest absolute Gasteiger partial charge is 0.306 e. The van der Waals surface area contributed by atoms with Crippen molar-refractivity contribution in [1.29, 1.82) is 0 Å². The van der Waals surface area contributed by atoms with E-state index in [-0.39, 0.29) is 31.1 Å². The van der Waals surface area contributed by atoms with Crippen LogP contribution in [0.1, 0.15) is 406 Å². The van der Waals surface area contributed by atoms with Crippen molar-refractivity contribution in [2.45, 2.75) is 412 Å². The number of hydrogen-bond acceptors (Lipinski definition) is 6. The molecule has 77 heavy (non-hydrogen) atoms. The van der Waals surface area contributed by atoms with Crippen molar-refractivity contribution in [3.05, 3.63) is 12.2 Å². The third kappa shape index (κ3) is 64.9. The number of unbranched alkanes of at least 4 members (excludes halogenated alkanes) is 53. The Balaban J connectivity index is 4.23. The first-order chi connectivity index (χ1) is 38.0. The molecule has 0 amide bonds. The van der Waals surface area contributed by atoms with Gasteiger partial charge < -0.3 is 14.2 Å². The fourth-order valence-corrected chi connectivity index (χ4v) is 11.0. The molecule has 1 atom stereocenters. The number of allylic oxidation sites excluding steroid dienone is 2. The summed E-state index contributed by atoms with van der Waals surface area (Å²) in [5.74, 6) is -0.830. The Morgan fingerprint density at radius 2 is 0.429 bits per heavy atom. The molecule has 0 aliphatic rings. The molecule has 0 N–H and O–H groups in total. The van der Waals surface area contributed by atoms with Crippen LogP contribution >= 0.6 is 0 Å². The van der Waals surface area contributed by atoms with Gasteiger partial charge in [-0.25, -0.2) is 0 Å². The quantitative estimate of drug-likeness (QED) is 0.0261. The van der Waals surface area contributed by atoms with E-state index < -0.39 is 6.10 Å². The second-order valence-corrected chi connectivity index (χ2v) is 24.2. The molecule has 0 saturated carbocycles. The third-order valence-electron chi connectivity index (χ3n) is 16.3. The van der Waals surface area contributed by atoms with Gasteiger partial charge in [-0.2, -0.15) is 0 Å². The predicted octanol–water partition coefficient (Wildman–Crippen LogP) is 24.0. The Bertz CT molecular complexity index is 1200. The van der Waals surface area contributed by atoms with Crippen LogP contribution in [-0.4, -0.2) is 37.2 Å². The number of rotatable bonds is 66. The summed E-state index contributed by atoms with van der Waals surface area (Å²) in [7, 11) is 0. The molecular formula is C71H136O6. The van der Waals surface area contributed by atoms with Gasteiger partial charge in [-0.3, -0.25) is 14.4 Å². The summed E-state index contributed by atoms with van der Waals surface area (Å²) in [6.45, 7) is 6.73. The van der Waals surface area contributed by atoms with Gasteiger partial charge in [-0.15, -0.1) is 0 Å². The molecule has 1 unspecified atom stereocenters. The summed E-state index contributed by atoms with van der Waals surface area (Å²) in [6.07, 6.45) is 79.5. The first-order valence-corrected chi connectivity index (χ1v) is 35.2. The highest BCUT2D eigenvalue weighted by Gasteiger charge is 2.19. The van der Waals surface area contributed by atoms with E-state index >= 15 is 0 Å². The first kappa shape index (κ1) is 75.2. The van der Waals surface area contributed by atoms with Crippen LogP contribution in [0.15, 0.2) is 12.2 Å². The molecule has 6 nitrogen and oxygen atoms in total. The highest BCUT2D eigenvalue weighted by atomic mass is 16.6. The highest BCUT2D eigenvalue weighted by Crippen LogP contribution is 2.19. The topological polar surface area (TPSA) is 78.9 Å².